The van der Waals surface area contributed by atoms with E-state index in [4.69, 9.17) is 4.74 Å². The Morgan fingerprint density at radius 3 is 2.16 bits per heavy atom. The van der Waals surface area contributed by atoms with Crippen LogP contribution in [0.4, 0.5) is 0 Å². The van der Waals surface area contributed by atoms with Gasteiger partial charge >= 0.3 is 5.97 Å². The van der Waals surface area contributed by atoms with E-state index < -0.39 is 0 Å². The minimum Gasteiger partial charge on any atom is -0.462 e. The van der Waals surface area contributed by atoms with Gasteiger partial charge in [-0.05, 0) is 83.5 Å². The Balaban J connectivity index is 1.84. The third kappa shape index (κ3) is 8.16. The summed E-state index contributed by atoms with van der Waals surface area (Å²) in [6.07, 6.45) is 8.02. The van der Waals surface area contributed by atoms with E-state index in [9.17, 15) is 9.90 Å². The summed E-state index contributed by atoms with van der Waals surface area (Å²) in [5, 5.41) is 9.33. The number of carbonyl (C=O) groups is 1. The lowest BCUT2D eigenvalue weighted by atomic mass is 9.90. The van der Waals surface area contributed by atoms with Crippen molar-refractivity contribution in [2.75, 3.05) is 13.2 Å². The van der Waals surface area contributed by atoms with E-state index in [-0.39, 0.29) is 12.6 Å². The number of rotatable bonds is 14. The van der Waals surface area contributed by atoms with E-state index in [2.05, 4.69) is 81.1 Å². The summed E-state index contributed by atoms with van der Waals surface area (Å²) >= 11 is 0. The van der Waals surface area contributed by atoms with Gasteiger partial charge in [0.2, 0.25) is 0 Å². The Hall–Kier alpha value is -3.17. The normalized spacial score (nSPS) is 10.9. The number of aryl methyl sites for hydroxylation is 3. The summed E-state index contributed by atoms with van der Waals surface area (Å²) in [4.78, 5) is 11.8. The molecular formula is C34H42O3. The first-order valence-electron chi connectivity index (χ1n) is 13.7. The maximum atomic E-state index is 11.8. The van der Waals surface area contributed by atoms with Crippen molar-refractivity contribution < 1.29 is 14.6 Å². The number of ether oxygens (including phenoxy) is 1. The first-order valence-corrected chi connectivity index (χ1v) is 13.7. The molecule has 1 N–H and O–H groups in total. The minimum absolute atomic E-state index is 0.160. The second kappa shape index (κ2) is 14.5. The van der Waals surface area contributed by atoms with Gasteiger partial charge in [0.25, 0.3) is 0 Å². The largest absolute Gasteiger partial charge is 0.462 e. The van der Waals surface area contributed by atoms with Gasteiger partial charge in [0, 0.05) is 18.6 Å². The van der Waals surface area contributed by atoms with Gasteiger partial charge in [-0.15, -0.1) is 0 Å². The first kappa shape index (κ1) is 28.4. The molecule has 0 unspecified atom stereocenters. The number of carbonyl (C=O) groups excluding carboxylic acids is 1. The average molecular weight is 499 g/mol. The van der Waals surface area contributed by atoms with Crippen molar-refractivity contribution >= 4 is 5.97 Å². The highest BCUT2D eigenvalue weighted by Gasteiger charge is 2.11. The van der Waals surface area contributed by atoms with Crippen molar-refractivity contribution in [3.63, 3.8) is 0 Å². The Morgan fingerprint density at radius 2 is 1.49 bits per heavy atom. The molecule has 3 aromatic rings. The maximum absolute atomic E-state index is 11.8. The second-order valence-electron chi connectivity index (χ2n) is 9.86. The Labute approximate surface area is 223 Å². The van der Waals surface area contributed by atoms with Crippen LogP contribution in [0.3, 0.4) is 0 Å². The molecular weight excluding hydrogens is 456 g/mol. The Morgan fingerprint density at radius 1 is 0.784 bits per heavy atom. The van der Waals surface area contributed by atoms with Crippen LogP contribution in [0.5, 0.6) is 0 Å². The molecule has 0 bridgehead atoms. The maximum Gasteiger partial charge on any atom is 0.333 e. The Bertz CT molecular complexity index is 1170. The summed E-state index contributed by atoms with van der Waals surface area (Å²) in [5.41, 5.74) is 10.4. The van der Waals surface area contributed by atoms with Crippen LogP contribution in [0.1, 0.15) is 68.7 Å². The zero-order valence-electron chi connectivity index (χ0n) is 22.8. The number of aliphatic hydroxyl groups is 1. The summed E-state index contributed by atoms with van der Waals surface area (Å²) < 4.78 is 5.37. The molecule has 0 heterocycles. The lowest BCUT2D eigenvalue weighted by Gasteiger charge is -2.15. The zero-order chi connectivity index (χ0) is 26.6. The Kier molecular flexibility index (Phi) is 11.2. The van der Waals surface area contributed by atoms with Crippen molar-refractivity contribution in [2.45, 2.75) is 72.1 Å². The van der Waals surface area contributed by atoms with Crippen LogP contribution in [0.2, 0.25) is 0 Å². The molecule has 0 saturated carbocycles. The lowest BCUT2D eigenvalue weighted by Crippen LogP contribution is -2.09. The summed E-state index contributed by atoms with van der Waals surface area (Å²) in [6.45, 7) is 10.2. The van der Waals surface area contributed by atoms with E-state index >= 15 is 0 Å². The molecule has 3 aromatic carbocycles. The highest BCUT2D eigenvalue weighted by molar-refractivity contribution is 5.86. The summed E-state index contributed by atoms with van der Waals surface area (Å²) in [7, 11) is 0. The molecule has 3 heteroatoms. The zero-order valence-corrected chi connectivity index (χ0v) is 22.8. The fourth-order valence-electron chi connectivity index (χ4n) is 4.71. The van der Waals surface area contributed by atoms with Gasteiger partial charge in [-0.2, -0.15) is 0 Å². The molecule has 0 fully saturated rings. The molecule has 0 saturated heterocycles. The SMILES string of the molecule is C=C(C)C(=O)OCCc1cc(-c2ccc(-c3ccc(CCCCC)cc3)cc2CC)ccc1CCCO. The molecule has 0 aliphatic heterocycles. The third-order valence-corrected chi connectivity index (χ3v) is 6.92. The number of aliphatic hydroxyl groups excluding tert-OH is 1. The van der Waals surface area contributed by atoms with Crippen molar-refractivity contribution in [1.82, 2.24) is 0 Å². The third-order valence-electron chi connectivity index (χ3n) is 6.92. The van der Waals surface area contributed by atoms with E-state index in [0.29, 0.717) is 25.0 Å². The highest BCUT2D eigenvalue weighted by atomic mass is 16.5. The molecule has 3 rings (SSSR count). The van der Waals surface area contributed by atoms with Gasteiger partial charge in [-0.3, -0.25) is 0 Å². The van der Waals surface area contributed by atoms with Crippen LogP contribution in [0.25, 0.3) is 22.3 Å². The van der Waals surface area contributed by atoms with Crippen LogP contribution in [-0.2, 0) is 35.2 Å². The van der Waals surface area contributed by atoms with Crippen LogP contribution in [-0.4, -0.2) is 24.3 Å². The van der Waals surface area contributed by atoms with Crippen molar-refractivity contribution in [1.29, 1.82) is 0 Å². The molecule has 0 aromatic heterocycles. The van der Waals surface area contributed by atoms with Crippen molar-refractivity contribution in [2.24, 2.45) is 0 Å². The molecule has 0 spiro atoms. The van der Waals surface area contributed by atoms with Crippen LogP contribution in [0.15, 0.2) is 72.8 Å². The predicted molar refractivity (Wildman–Crippen MR) is 155 cm³/mol. The van der Waals surface area contributed by atoms with Crippen molar-refractivity contribution in [3.05, 3.63) is 95.1 Å². The van der Waals surface area contributed by atoms with Gasteiger partial charge in [0.1, 0.15) is 0 Å². The molecule has 3 nitrogen and oxygen atoms in total. The molecule has 0 atom stereocenters. The lowest BCUT2D eigenvalue weighted by molar-refractivity contribution is -0.138. The van der Waals surface area contributed by atoms with E-state index in [0.717, 1.165) is 24.8 Å². The van der Waals surface area contributed by atoms with Gasteiger partial charge in [-0.25, -0.2) is 4.79 Å². The fraction of sp³-hybridized carbons (Fsp3) is 0.382. The van der Waals surface area contributed by atoms with Crippen LogP contribution in [0, 0.1) is 0 Å². The fourth-order valence-corrected chi connectivity index (χ4v) is 4.71. The molecule has 196 valence electrons. The smallest absolute Gasteiger partial charge is 0.333 e. The molecule has 37 heavy (non-hydrogen) atoms. The van der Waals surface area contributed by atoms with Crippen LogP contribution < -0.4 is 0 Å². The number of benzene rings is 3. The number of esters is 1. The standard InChI is InChI=1S/C34H42O3/c1-5-7-8-10-26-12-14-29(15-13-26)30-18-19-33(27(6-2)23-30)32-17-16-28(11-9-21-35)31(24-32)20-22-37-34(36)25(3)4/h12-19,23-24,35H,3,5-11,20-22H2,1-2,4H3. The number of hydrogen-bond donors (Lipinski definition) is 1. The second-order valence-corrected chi connectivity index (χ2v) is 9.86. The first-order chi connectivity index (χ1) is 18.0. The van der Waals surface area contributed by atoms with E-state index in [1.54, 1.807) is 6.92 Å². The van der Waals surface area contributed by atoms with Crippen LogP contribution >= 0.6 is 0 Å². The minimum atomic E-state index is -0.356. The van der Waals surface area contributed by atoms with Gasteiger partial charge < -0.3 is 9.84 Å². The number of hydrogen-bond acceptors (Lipinski definition) is 3. The van der Waals surface area contributed by atoms with Gasteiger partial charge in [0.05, 0.1) is 6.61 Å². The highest BCUT2D eigenvalue weighted by Crippen LogP contribution is 2.31. The average Bonchev–Trinajstić information content (AvgIpc) is 2.92. The molecule has 0 amide bonds. The van der Waals surface area contributed by atoms with Crippen molar-refractivity contribution in [3.8, 4) is 22.3 Å². The molecule has 0 radical (unpaired) electrons. The quantitative estimate of drug-likeness (QED) is 0.140. The van der Waals surface area contributed by atoms with Gasteiger partial charge in [0.15, 0.2) is 0 Å². The summed E-state index contributed by atoms with van der Waals surface area (Å²) in [5.74, 6) is -0.356. The molecule has 0 aliphatic carbocycles. The summed E-state index contributed by atoms with van der Waals surface area (Å²) in [6, 6.07) is 22.3. The topological polar surface area (TPSA) is 46.5 Å². The number of unbranched alkanes of at least 4 members (excludes halogenated alkanes) is 2. The van der Waals surface area contributed by atoms with E-state index in [1.165, 1.54) is 58.2 Å². The van der Waals surface area contributed by atoms with Gasteiger partial charge in [-0.1, -0.05) is 93.9 Å². The predicted octanol–water partition coefficient (Wildman–Crippen LogP) is 7.90. The monoisotopic (exact) mass is 498 g/mol. The molecule has 0 aliphatic rings. The van der Waals surface area contributed by atoms with E-state index in [1.807, 2.05) is 0 Å².